The van der Waals surface area contributed by atoms with Gasteiger partial charge in [0.25, 0.3) is 0 Å². The second kappa shape index (κ2) is 9.96. The lowest BCUT2D eigenvalue weighted by atomic mass is 9.88. The third-order valence-corrected chi connectivity index (χ3v) is 6.23. The molecule has 0 spiro atoms. The molecule has 2 amide bonds. The molecule has 0 radical (unpaired) electrons. The van der Waals surface area contributed by atoms with Crippen molar-refractivity contribution in [2.24, 2.45) is 0 Å². The topological polar surface area (TPSA) is 78.5 Å². The van der Waals surface area contributed by atoms with Crippen LogP contribution in [-0.2, 0) is 16.3 Å². The van der Waals surface area contributed by atoms with Crippen LogP contribution in [0.1, 0.15) is 29.2 Å². The number of rotatable bonds is 8. The maximum Gasteiger partial charge on any atom is 0.318 e. The summed E-state index contributed by atoms with van der Waals surface area (Å²) in [7, 11) is -3.03. The van der Waals surface area contributed by atoms with Crippen LogP contribution < -0.4 is 10.6 Å². The van der Waals surface area contributed by atoms with Crippen molar-refractivity contribution in [2.45, 2.75) is 18.9 Å². The number of halogens is 1. The zero-order valence-corrected chi connectivity index (χ0v) is 18.4. The molecular weight excluding hydrogens is 417 g/mol. The number of hydrogen-bond acceptors (Lipinski definition) is 4. The minimum atomic E-state index is -3.03. The molecule has 0 unspecified atom stereocenters. The van der Waals surface area contributed by atoms with E-state index in [0.29, 0.717) is 31.8 Å². The van der Waals surface area contributed by atoms with E-state index in [1.165, 1.54) is 24.0 Å². The highest BCUT2D eigenvalue weighted by molar-refractivity contribution is 7.90. The molecule has 3 rings (SSSR count). The van der Waals surface area contributed by atoms with Crippen LogP contribution in [0.25, 0.3) is 0 Å². The van der Waals surface area contributed by atoms with Crippen molar-refractivity contribution < 1.29 is 17.6 Å². The molecule has 2 N–H and O–H groups in total. The Hall–Kier alpha value is -2.87. The Morgan fingerprint density at radius 1 is 1.13 bits per heavy atom. The molecule has 2 aromatic carbocycles. The Morgan fingerprint density at radius 3 is 2.55 bits per heavy atom. The number of nitrogens with zero attached hydrogens (tertiary/aromatic N) is 1. The number of nitrogens with one attached hydrogen (secondary N) is 2. The van der Waals surface area contributed by atoms with Crippen LogP contribution in [0.4, 0.5) is 9.18 Å². The maximum absolute atomic E-state index is 13.5. The van der Waals surface area contributed by atoms with E-state index in [9.17, 15) is 17.6 Å². The summed E-state index contributed by atoms with van der Waals surface area (Å²) >= 11 is 0. The zero-order chi connectivity index (χ0) is 22.4. The van der Waals surface area contributed by atoms with Crippen LogP contribution in [0, 0.1) is 5.82 Å². The summed E-state index contributed by atoms with van der Waals surface area (Å²) in [4.78, 5) is 14.8. The maximum atomic E-state index is 13.5. The van der Waals surface area contributed by atoms with Gasteiger partial charge >= 0.3 is 6.03 Å². The molecule has 166 valence electrons. The fourth-order valence-electron chi connectivity index (χ4n) is 3.71. The highest BCUT2D eigenvalue weighted by atomic mass is 32.2. The number of sulfone groups is 1. The molecule has 1 aliphatic rings. The average molecular weight is 446 g/mol. The molecule has 6 nitrogen and oxygen atoms in total. The van der Waals surface area contributed by atoms with E-state index in [-0.39, 0.29) is 23.6 Å². The SMILES string of the molecule is C=C(CCNC(=O)N1CCc2ccccc2[C@@H]1c1ccc(F)cc1)NCCS(C)(=O)=O. The van der Waals surface area contributed by atoms with Crippen molar-refractivity contribution in [3.8, 4) is 0 Å². The molecule has 0 aromatic heterocycles. The summed E-state index contributed by atoms with van der Waals surface area (Å²) in [6.45, 7) is 5.10. The van der Waals surface area contributed by atoms with Gasteiger partial charge in [-0.1, -0.05) is 43.0 Å². The van der Waals surface area contributed by atoms with Crippen molar-refractivity contribution in [1.82, 2.24) is 15.5 Å². The van der Waals surface area contributed by atoms with Gasteiger partial charge in [-0.2, -0.15) is 0 Å². The lowest BCUT2D eigenvalue weighted by molar-refractivity contribution is 0.180. The van der Waals surface area contributed by atoms with Gasteiger partial charge in [0.2, 0.25) is 0 Å². The lowest BCUT2D eigenvalue weighted by Gasteiger charge is -2.37. The number of fused-ring (bicyclic) bond motifs is 1. The monoisotopic (exact) mass is 445 g/mol. The normalized spacial score (nSPS) is 15.8. The molecule has 1 aliphatic heterocycles. The molecule has 0 bridgehead atoms. The Bertz CT molecular complexity index is 1040. The van der Waals surface area contributed by atoms with E-state index < -0.39 is 9.84 Å². The van der Waals surface area contributed by atoms with Crippen LogP contribution >= 0.6 is 0 Å². The molecule has 0 saturated carbocycles. The van der Waals surface area contributed by atoms with E-state index >= 15 is 0 Å². The van der Waals surface area contributed by atoms with E-state index in [2.05, 4.69) is 23.3 Å². The molecule has 0 saturated heterocycles. The van der Waals surface area contributed by atoms with Gasteiger partial charge < -0.3 is 15.5 Å². The first-order valence-corrected chi connectivity index (χ1v) is 12.3. The van der Waals surface area contributed by atoms with Crippen LogP contribution in [0.5, 0.6) is 0 Å². The second-order valence-electron chi connectivity index (χ2n) is 7.74. The van der Waals surface area contributed by atoms with Gasteiger partial charge in [-0.25, -0.2) is 17.6 Å². The molecule has 1 heterocycles. The predicted octanol–water partition coefficient (Wildman–Crippen LogP) is 3.02. The van der Waals surface area contributed by atoms with Gasteiger partial charge in [-0.3, -0.25) is 0 Å². The van der Waals surface area contributed by atoms with Crippen LogP contribution in [0.15, 0.2) is 60.8 Å². The highest BCUT2D eigenvalue weighted by Crippen LogP contribution is 2.35. The minimum Gasteiger partial charge on any atom is -0.388 e. The summed E-state index contributed by atoms with van der Waals surface area (Å²) in [5, 5.41) is 5.90. The lowest BCUT2D eigenvalue weighted by Crippen LogP contribution is -2.46. The predicted molar refractivity (Wildman–Crippen MR) is 120 cm³/mol. The number of carbonyl (C=O) groups excluding carboxylic acids is 1. The van der Waals surface area contributed by atoms with E-state index in [1.807, 2.05) is 18.2 Å². The van der Waals surface area contributed by atoms with Crippen molar-refractivity contribution in [2.75, 3.05) is 31.6 Å². The molecule has 0 fully saturated rings. The standard InChI is InChI=1S/C23H28FN3O3S/c1-17(25-14-16-31(2,29)30)11-13-26-23(28)27-15-12-18-5-3-4-6-21(18)22(27)19-7-9-20(24)10-8-19/h3-10,22,25H,1,11-16H2,2H3,(H,26,28)/t22-/m0/s1. The van der Waals surface area contributed by atoms with Crippen molar-refractivity contribution in [1.29, 1.82) is 0 Å². The van der Waals surface area contributed by atoms with Gasteiger partial charge in [0.15, 0.2) is 0 Å². The third-order valence-electron chi connectivity index (χ3n) is 5.28. The van der Waals surface area contributed by atoms with E-state index in [1.54, 1.807) is 17.0 Å². The zero-order valence-electron chi connectivity index (χ0n) is 17.6. The van der Waals surface area contributed by atoms with Crippen LogP contribution in [-0.4, -0.2) is 51.0 Å². The quantitative estimate of drug-likeness (QED) is 0.655. The van der Waals surface area contributed by atoms with E-state index in [4.69, 9.17) is 0 Å². The number of amides is 2. The summed E-state index contributed by atoms with van der Waals surface area (Å²) in [6.07, 6.45) is 2.42. The first kappa shape index (κ1) is 22.8. The number of urea groups is 1. The summed E-state index contributed by atoms with van der Waals surface area (Å²) in [5.41, 5.74) is 3.75. The third kappa shape index (κ3) is 6.30. The van der Waals surface area contributed by atoms with Crippen molar-refractivity contribution >= 4 is 15.9 Å². The number of hydrogen-bond donors (Lipinski definition) is 2. The Labute approximate surface area is 183 Å². The van der Waals surface area contributed by atoms with Crippen LogP contribution in [0.2, 0.25) is 0 Å². The Morgan fingerprint density at radius 2 is 1.84 bits per heavy atom. The molecule has 1 atom stereocenters. The summed E-state index contributed by atoms with van der Waals surface area (Å²) < 4.78 is 35.8. The number of benzene rings is 2. The fourth-order valence-corrected chi connectivity index (χ4v) is 4.19. The van der Waals surface area contributed by atoms with E-state index in [0.717, 1.165) is 17.5 Å². The molecular formula is C23H28FN3O3S. The smallest absolute Gasteiger partial charge is 0.318 e. The van der Waals surface area contributed by atoms with Gasteiger partial charge in [0.1, 0.15) is 15.7 Å². The second-order valence-corrected chi connectivity index (χ2v) is 10.00. The van der Waals surface area contributed by atoms with Gasteiger partial charge in [0.05, 0.1) is 11.8 Å². The molecule has 31 heavy (non-hydrogen) atoms. The van der Waals surface area contributed by atoms with Gasteiger partial charge in [0, 0.05) is 38.0 Å². The first-order valence-electron chi connectivity index (χ1n) is 10.2. The van der Waals surface area contributed by atoms with Crippen molar-refractivity contribution in [3.63, 3.8) is 0 Å². The van der Waals surface area contributed by atoms with Crippen molar-refractivity contribution in [3.05, 3.63) is 83.3 Å². The Balaban J connectivity index is 1.64. The van der Waals surface area contributed by atoms with Gasteiger partial charge in [-0.15, -0.1) is 0 Å². The van der Waals surface area contributed by atoms with Crippen LogP contribution in [0.3, 0.4) is 0 Å². The fraction of sp³-hybridized carbons (Fsp3) is 0.348. The molecule has 0 aliphatic carbocycles. The summed E-state index contributed by atoms with van der Waals surface area (Å²) in [6, 6.07) is 13.8. The summed E-state index contributed by atoms with van der Waals surface area (Å²) in [5.74, 6) is -0.281. The average Bonchev–Trinajstić information content (AvgIpc) is 2.72. The molecule has 8 heteroatoms. The molecule has 2 aromatic rings. The minimum absolute atomic E-state index is 0.0327. The highest BCUT2D eigenvalue weighted by Gasteiger charge is 2.31. The largest absolute Gasteiger partial charge is 0.388 e. The first-order chi connectivity index (χ1) is 14.7. The van der Waals surface area contributed by atoms with Gasteiger partial charge in [-0.05, 0) is 35.2 Å². The Kier molecular flexibility index (Phi) is 7.33. The number of carbonyl (C=O) groups is 1.